The van der Waals surface area contributed by atoms with Gasteiger partial charge in [0.25, 0.3) is 0 Å². The SMILES string of the molecule is N#Cc1cc(N)ccc1Nc1ccc(Br)c(Cl)c1. The van der Waals surface area contributed by atoms with E-state index in [0.29, 0.717) is 22.0 Å². The highest BCUT2D eigenvalue weighted by Gasteiger charge is 2.04. The van der Waals surface area contributed by atoms with Crippen molar-refractivity contribution >= 4 is 44.6 Å². The van der Waals surface area contributed by atoms with Crippen molar-refractivity contribution in [2.45, 2.75) is 0 Å². The molecule has 0 heterocycles. The first kappa shape index (κ1) is 12.7. The van der Waals surface area contributed by atoms with Crippen LogP contribution in [0.25, 0.3) is 0 Å². The fourth-order valence-electron chi connectivity index (χ4n) is 1.49. The maximum atomic E-state index is 9.04. The molecule has 90 valence electrons. The van der Waals surface area contributed by atoms with Gasteiger partial charge in [-0.2, -0.15) is 5.26 Å². The Morgan fingerprint density at radius 1 is 1.22 bits per heavy atom. The van der Waals surface area contributed by atoms with Gasteiger partial charge in [-0.15, -0.1) is 0 Å². The Morgan fingerprint density at radius 2 is 2.00 bits per heavy atom. The van der Waals surface area contributed by atoms with Gasteiger partial charge in [-0.05, 0) is 52.3 Å². The van der Waals surface area contributed by atoms with Crippen molar-refractivity contribution in [1.82, 2.24) is 0 Å². The molecular formula is C13H9BrClN3. The van der Waals surface area contributed by atoms with E-state index >= 15 is 0 Å². The van der Waals surface area contributed by atoms with E-state index in [2.05, 4.69) is 27.3 Å². The summed E-state index contributed by atoms with van der Waals surface area (Å²) >= 11 is 9.33. The average molecular weight is 323 g/mol. The zero-order valence-corrected chi connectivity index (χ0v) is 11.6. The second-order valence-corrected chi connectivity index (χ2v) is 4.93. The molecule has 2 aromatic carbocycles. The van der Waals surface area contributed by atoms with Gasteiger partial charge in [-0.3, -0.25) is 0 Å². The minimum atomic E-state index is 0.494. The summed E-state index contributed by atoms with van der Waals surface area (Å²) in [7, 11) is 0. The molecule has 2 aromatic rings. The molecule has 3 nitrogen and oxygen atoms in total. The van der Waals surface area contributed by atoms with E-state index in [9.17, 15) is 0 Å². The lowest BCUT2D eigenvalue weighted by Gasteiger charge is -2.09. The molecule has 0 aliphatic heterocycles. The maximum Gasteiger partial charge on any atom is 0.101 e. The Bertz CT molecular complexity index is 635. The van der Waals surface area contributed by atoms with E-state index in [1.54, 1.807) is 24.3 Å². The standard InChI is InChI=1S/C13H9BrClN3/c14-11-3-2-10(6-12(11)15)18-13-4-1-9(17)5-8(13)7-16/h1-6,18H,17H2. The molecule has 0 radical (unpaired) electrons. The summed E-state index contributed by atoms with van der Waals surface area (Å²) in [5, 5.41) is 12.8. The molecule has 0 spiro atoms. The summed E-state index contributed by atoms with van der Waals surface area (Å²) in [6, 6.07) is 12.7. The number of nitrogens with zero attached hydrogens (tertiary/aromatic N) is 1. The lowest BCUT2D eigenvalue weighted by Crippen LogP contribution is -1.95. The van der Waals surface area contributed by atoms with Crippen LogP contribution in [0, 0.1) is 11.3 Å². The van der Waals surface area contributed by atoms with Gasteiger partial charge in [0, 0.05) is 15.8 Å². The molecular weight excluding hydrogens is 314 g/mol. The van der Waals surface area contributed by atoms with Crippen LogP contribution < -0.4 is 11.1 Å². The topological polar surface area (TPSA) is 61.8 Å². The van der Waals surface area contributed by atoms with E-state index in [0.717, 1.165) is 10.2 Å². The second kappa shape index (κ2) is 5.30. The first-order valence-corrected chi connectivity index (χ1v) is 6.29. The van der Waals surface area contributed by atoms with E-state index < -0.39 is 0 Å². The van der Waals surface area contributed by atoms with Crippen molar-refractivity contribution in [3.63, 3.8) is 0 Å². The van der Waals surface area contributed by atoms with Crippen LogP contribution in [0.4, 0.5) is 17.1 Å². The number of rotatable bonds is 2. The summed E-state index contributed by atoms with van der Waals surface area (Å²) < 4.78 is 0.826. The molecule has 0 aromatic heterocycles. The van der Waals surface area contributed by atoms with Gasteiger partial charge >= 0.3 is 0 Å². The number of nitriles is 1. The first-order chi connectivity index (χ1) is 8.60. The molecule has 5 heteroatoms. The number of nitrogens with two attached hydrogens (primary N) is 1. The number of halogens is 2. The van der Waals surface area contributed by atoms with Crippen molar-refractivity contribution in [3.8, 4) is 6.07 Å². The largest absolute Gasteiger partial charge is 0.399 e. The summed E-state index contributed by atoms with van der Waals surface area (Å²) in [5.41, 5.74) is 8.20. The number of hydrogen-bond donors (Lipinski definition) is 2. The van der Waals surface area contributed by atoms with Crippen molar-refractivity contribution in [1.29, 1.82) is 5.26 Å². The highest BCUT2D eigenvalue weighted by Crippen LogP contribution is 2.28. The van der Waals surface area contributed by atoms with Crippen LogP contribution >= 0.6 is 27.5 Å². The van der Waals surface area contributed by atoms with E-state index in [4.69, 9.17) is 22.6 Å². The van der Waals surface area contributed by atoms with Crippen LogP contribution in [-0.4, -0.2) is 0 Å². The predicted molar refractivity (Wildman–Crippen MR) is 78.0 cm³/mol. The second-order valence-electron chi connectivity index (χ2n) is 3.67. The van der Waals surface area contributed by atoms with Gasteiger partial charge in [-0.1, -0.05) is 11.6 Å². The number of nitrogen functional groups attached to an aromatic ring is 1. The third-order valence-corrected chi connectivity index (χ3v) is 3.60. The Hall–Kier alpha value is -1.70. The molecule has 0 unspecified atom stereocenters. The maximum absolute atomic E-state index is 9.04. The van der Waals surface area contributed by atoms with E-state index in [1.165, 1.54) is 0 Å². The lowest BCUT2D eigenvalue weighted by atomic mass is 10.1. The van der Waals surface area contributed by atoms with Gasteiger partial charge in [0.15, 0.2) is 0 Å². The lowest BCUT2D eigenvalue weighted by molar-refractivity contribution is 1.46. The molecule has 0 bridgehead atoms. The molecule has 0 saturated heterocycles. The fourth-order valence-corrected chi connectivity index (χ4v) is 1.92. The quantitative estimate of drug-likeness (QED) is 0.810. The normalized spacial score (nSPS) is 9.83. The zero-order valence-electron chi connectivity index (χ0n) is 9.24. The molecule has 0 atom stereocenters. The number of anilines is 3. The third-order valence-electron chi connectivity index (χ3n) is 2.36. The van der Waals surface area contributed by atoms with Crippen LogP contribution in [0.15, 0.2) is 40.9 Å². The molecule has 0 aliphatic rings. The van der Waals surface area contributed by atoms with Gasteiger partial charge in [0.1, 0.15) is 6.07 Å². The molecule has 0 saturated carbocycles. The van der Waals surface area contributed by atoms with Crippen LogP contribution in [0.2, 0.25) is 5.02 Å². The molecule has 3 N–H and O–H groups in total. The van der Waals surface area contributed by atoms with E-state index in [-0.39, 0.29) is 0 Å². The van der Waals surface area contributed by atoms with Crippen LogP contribution in [0.3, 0.4) is 0 Å². The van der Waals surface area contributed by atoms with Gasteiger partial charge in [0.05, 0.1) is 16.3 Å². The Balaban J connectivity index is 2.34. The van der Waals surface area contributed by atoms with Crippen molar-refractivity contribution in [3.05, 3.63) is 51.5 Å². The van der Waals surface area contributed by atoms with Crippen molar-refractivity contribution in [2.75, 3.05) is 11.1 Å². The summed E-state index contributed by atoms with van der Waals surface area (Å²) in [5.74, 6) is 0. The fraction of sp³-hybridized carbons (Fsp3) is 0. The number of benzene rings is 2. The Kier molecular flexibility index (Phi) is 3.75. The highest BCUT2D eigenvalue weighted by molar-refractivity contribution is 9.10. The molecule has 0 fully saturated rings. The summed E-state index contributed by atoms with van der Waals surface area (Å²) in [6.45, 7) is 0. The van der Waals surface area contributed by atoms with Crippen LogP contribution in [-0.2, 0) is 0 Å². The predicted octanol–water partition coefficient (Wildman–Crippen LogP) is 4.30. The molecule has 18 heavy (non-hydrogen) atoms. The van der Waals surface area contributed by atoms with Crippen molar-refractivity contribution < 1.29 is 0 Å². The third kappa shape index (κ3) is 2.76. The van der Waals surface area contributed by atoms with Crippen molar-refractivity contribution in [2.24, 2.45) is 0 Å². The Labute approximate surface area is 118 Å². The molecule has 0 aliphatic carbocycles. The molecule has 2 rings (SSSR count). The zero-order chi connectivity index (χ0) is 13.1. The van der Waals surface area contributed by atoms with Gasteiger partial charge < -0.3 is 11.1 Å². The number of nitrogens with one attached hydrogen (secondary N) is 1. The minimum Gasteiger partial charge on any atom is -0.399 e. The van der Waals surface area contributed by atoms with E-state index in [1.807, 2.05) is 12.1 Å². The van der Waals surface area contributed by atoms with Gasteiger partial charge in [-0.25, -0.2) is 0 Å². The van der Waals surface area contributed by atoms with Crippen LogP contribution in [0.5, 0.6) is 0 Å². The Morgan fingerprint density at radius 3 is 2.67 bits per heavy atom. The van der Waals surface area contributed by atoms with Crippen LogP contribution in [0.1, 0.15) is 5.56 Å². The average Bonchev–Trinajstić information content (AvgIpc) is 2.36. The summed E-state index contributed by atoms with van der Waals surface area (Å²) in [6.07, 6.45) is 0. The summed E-state index contributed by atoms with van der Waals surface area (Å²) in [4.78, 5) is 0. The molecule has 0 amide bonds. The number of hydrogen-bond acceptors (Lipinski definition) is 3. The smallest absolute Gasteiger partial charge is 0.101 e. The first-order valence-electron chi connectivity index (χ1n) is 5.12. The minimum absolute atomic E-state index is 0.494. The monoisotopic (exact) mass is 321 g/mol. The van der Waals surface area contributed by atoms with Gasteiger partial charge in [0.2, 0.25) is 0 Å². The highest BCUT2D eigenvalue weighted by atomic mass is 79.9.